The highest BCUT2D eigenvalue weighted by molar-refractivity contribution is 5.75. The lowest BCUT2D eigenvalue weighted by atomic mass is 10.2. The van der Waals surface area contributed by atoms with Gasteiger partial charge in [-0.3, -0.25) is 4.79 Å². The molecule has 0 radical (unpaired) electrons. The van der Waals surface area contributed by atoms with Gasteiger partial charge in [0.25, 0.3) is 0 Å². The fourth-order valence-electron chi connectivity index (χ4n) is 0.856. The molecule has 0 aliphatic carbocycles. The maximum Gasteiger partial charge on any atom is 0.326 e. The summed E-state index contributed by atoms with van der Waals surface area (Å²) in [5, 5.41) is 8.60. The first kappa shape index (κ1) is 10.9. The van der Waals surface area contributed by atoms with Gasteiger partial charge >= 0.3 is 5.97 Å². The number of rotatable bonds is 5. The molecule has 0 saturated heterocycles. The summed E-state index contributed by atoms with van der Waals surface area (Å²) in [5.74, 6) is -0.681. The summed E-state index contributed by atoms with van der Waals surface area (Å²) < 4.78 is 0. The second kappa shape index (κ2) is 4.74. The van der Waals surface area contributed by atoms with Crippen molar-refractivity contribution in [1.82, 2.24) is 4.90 Å². The van der Waals surface area contributed by atoms with Gasteiger partial charge in [0.05, 0.1) is 0 Å². The van der Waals surface area contributed by atoms with E-state index in [4.69, 9.17) is 5.11 Å². The van der Waals surface area contributed by atoms with Crippen molar-refractivity contribution in [2.24, 2.45) is 5.92 Å². The van der Waals surface area contributed by atoms with Crippen LogP contribution in [0.4, 0.5) is 0 Å². The van der Waals surface area contributed by atoms with Crippen LogP contribution in [0.25, 0.3) is 0 Å². The van der Waals surface area contributed by atoms with Gasteiger partial charge < -0.3 is 10.0 Å². The molecule has 0 aromatic carbocycles. The lowest BCUT2D eigenvalue weighted by Crippen LogP contribution is -2.40. The molecule has 1 unspecified atom stereocenters. The van der Waals surface area contributed by atoms with E-state index in [1.165, 1.54) is 11.8 Å². The molecule has 0 aromatic rings. The first-order valence-corrected chi connectivity index (χ1v) is 3.93. The number of nitrogens with zero attached hydrogens (tertiary/aromatic N) is 1. The summed E-state index contributed by atoms with van der Waals surface area (Å²) in [6.07, 6.45) is 0.582. The molecular formula is C8H15NO3. The Hall–Kier alpha value is -1.06. The van der Waals surface area contributed by atoms with E-state index in [1.54, 1.807) is 0 Å². The van der Waals surface area contributed by atoms with Crippen LogP contribution in [0.1, 0.15) is 20.8 Å². The molecular weight excluding hydrogens is 158 g/mol. The number of hydrogen-bond donors (Lipinski definition) is 1. The molecule has 1 amide bonds. The minimum absolute atomic E-state index is 0.289. The molecule has 4 heteroatoms. The molecule has 0 bridgehead atoms. The normalized spacial score (nSPS) is 12.7. The van der Waals surface area contributed by atoms with Crippen molar-refractivity contribution in [3.05, 3.63) is 0 Å². The fraction of sp³-hybridized carbons (Fsp3) is 0.750. The predicted molar refractivity (Wildman–Crippen MR) is 44.7 cm³/mol. The quantitative estimate of drug-likeness (QED) is 0.618. The van der Waals surface area contributed by atoms with Crippen molar-refractivity contribution >= 4 is 12.4 Å². The average Bonchev–Trinajstić information content (AvgIpc) is 1.98. The topological polar surface area (TPSA) is 57.6 Å². The molecule has 1 N–H and O–H groups in total. The van der Waals surface area contributed by atoms with E-state index in [9.17, 15) is 9.59 Å². The molecule has 0 spiro atoms. The second-order valence-electron chi connectivity index (χ2n) is 3.21. The van der Waals surface area contributed by atoms with Crippen LogP contribution in [0.3, 0.4) is 0 Å². The van der Waals surface area contributed by atoms with Gasteiger partial charge in [0.1, 0.15) is 6.04 Å². The Kier molecular flexibility index (Phi) is 4.33. The first-order valence-electron chi connectivity index (χ1n) is 3.93. The Morgan fingerprint density at radius 2 is 2.00 bits per heavy atom. The predicted octanol–water partition coefficient (Wildman–Crippen LogP) is 0.574. The van der Waals surface area contributed by atoms with E-state index in [0.717, 1.165) is 0 Å². The van der Waals surface area contributed by atoms with Crippen LogP contribution in [0.2, 0.25) is 0 Å². The highest BCUT2D eigenvalue weighted by atomic mass is 16.4. The summed E-state index contributed by atoms with van der Waals surface area (Å²) >= 11 is 0. The van der Waals surface area contributed by atoms with Crippen LogP contribution in [0.5, 0.6) is 0 Å². The Morgan fingerprint density at radius 3 is 2.25 bits per heavy atom. The van der Waals surface area contributed by atoms with E-state index in [0.29, 0.717) is 13.0 Å². The fourth-order valence-corrected chi connectivity index (χ4v) is 0.856. The number of hydrogen-bond acceptors (Lipinski definition) is 2. The van der Waals surface area contributed by atoms with Crippen LogP contribution < -0.4 is 0 Å². The molecule has 0 heterocycles. The maximum atomic E-state index is 10.5. The van der Waals surface area contributed by atoms with Gasteiger partial charge in [0, 0.05) is 6.54 Å². The van der Waals surface area contributed by atoms with Crippen molar-refractivity contribution in [3.8, 4) is 0 Å². The van der Waals surface area contributed by atoms with E-state index in [-0.39, 0.29) is 5.92 Å². The summed E-state index contributed by atoms with van der Waals surface area (Å²) in [4.78, 5) is 22.2. The van der Waals surface area contributed by atoms with Gasteiger partial charge in [-0.1, -0.05) is 13.8 Å². The van der Waals surface area contributed by atoms with Crippen molar-refractivity contribution in [1.29, 1.82) is 0 Å². The second-order valence-corrected chi connectivity index (χ2v) is 3.21. The summed E-state index contributed by atoms with van der Waals surface area (Å²) in [6.45, 7) is 5.85. The Morgan fingerprint density at radius 1 is 1.50 bits per heavy atom. The van der Waals surface area contributed by atoms with Crippen LogP contribution in [0.15, 0.2) is 0 Å². The molecule has 70 valence electrons. The van der Waals surface area contributed by atoms with E-state index < -0.39 is 12.0 Å². The molecule has 4 nitrogen and oxygen atoms in total. The van der Waals surface area contributed by atoms with Crippen LogP contribution in [0, 0.1) is 5.92 Å². The van der Waals surface area contributed by atoms with Gasteiger partial charge in [-0.15, -0.1) is 0 Å². The van der Waals surface area contributed by atoms with E-state index >= 15 is 0 Å². The summed E-state index contributed by atoms with van der Waals surface area (Å²) in [6, 6.07) is -0.732. The van der Waals surface area contributed by atoms with Crippen LogP contribution >= 0.6 is 0 Å². The summed E-state index contributed by atoms with van der Waals surface area (Å²) in [5.41, 5.74) is 0. The number of carboxylic acid groups (broad SMARTS) is 1. The van der Waals surface area contributed by atoms with Crippen molar-refractivity contribution < 1.29 is 14.7 Å². The van der Waals surface area contributed by atoms with Gasteiger partial charge in [-0.25, -0.2) is 4.79 Å². The number of carbonyl (C=O) groups is 2. The van der Waals surface area contributed by atoms with Gasteiger partial charge in [0.2, 0.25) is 6.41 Å². The monoisotopic (exact) mass is 173 g/mol. The third kappa shape index (κ3) is 3.37. The standard InChI is InChI=1S/C8H15NO3/c1-6(2)4-9(5-10)7(3)8(11)12/h5-7H,4H2,1-3H3,(H,11,12). The van der Waals surface area contributed by atoms with E-state index in [1.807, 2.05) is 13.8 Å². The molecule has 0 aliphatic rings. The Bertz CT molecular complexity index is 168. The third-order valence-electron chi connectivity index (χ3n) is 1.57. The third-order valence-corrected chi connectivity index (χ3v) is 1.57. The maximum absolute atomic E-state index is 10.5. The largest absolute Gasteiger partial charge is 0.480 e. The molecule has 1 atom stereocenters. The molecule has 0 aromatic heterocycles. The minimum atomic E-state index is -0.970. The average molecular weight is 173 g/mol. The van der Waals surface area contributed by atoms with Crippen LogP contribution in [-0.4, -0.2) is 35.0 Å². The van der Waals surface area contributed by atoms with Crippen LogP contribution in [-0.2, 0) is 9.59 Å². The number of aliphatic carboxylic acids is 1. The molecule has 0 fully saturated rings. The lowest BCUT2D eigenvalue weighted by molar-refractivity contribution is -0.145. The van der Waals surface area contributed by atoms with Crippen molar-refractivity contribution in [3.63, 3.8) is 0 Å². The molecule has 0 rings (SSSR count). The van der Waals surface area contributed by atoms with Crippen molar-refractivity contribution in [2.75, 3.05) is 6.54 Å². The Labute approximate surface area is 72.2 Å². The number of carboxylic acids is 1. The van der Waals surface area contributed by atoms with Gasteiger partial charge in [-0.05, 0) is 12.8 Å². The highest BCUT2D eigenvalue weighted by Gasteiger charge is 2.18. The highest BCUT2D eigenvalue weighted by Crippen LogP contribution is 2.01. The molecule has 12 heavy (non-hydrogen) atoms. The summed E-state index contributed by atoms with van der Waals surface area (Å²) in [7, 11) is 0. The SMILES string of the molecule is CC(C)CN(C=O)C(C)C(=O)O. The van der Waals surface area contributed by atoms with E-state index in [2.05, 4.69) is 0 Å². The number of amides is 1. The first-order chi connectivity index (χ1) is 5.49. The van der Waals surface area contributed by atoms with Gasteiger partial charge in [-0.2, -0.15) is 0 Å². The molecule has 0 saturated carbocycles. The number of carbonyl (C=O) groups excluding carboxylic acids is 1. The van der Waals surface area contributed by atoms with Gasteiger partial charge in [0.15, 0.2) is 0 Å². The Balaban J connectivity index is 4.14. The smallest absolute Gasteiger partial charge is 0.326 e. The zero-order valence-electron chi connectivity index (χ0n) is 7.65. The minimum Gasteiger partial charge on any atom is -0.480 e. The van der Waals surface area contributed by atoms with Crippen molar-refractivity contribution in [2.45, 2.75) is 26.8 Å². The lowest BCUT2D eigenvalue weighted by Gasteiger charge is -2.23. The molecule has 0 aliphatic heterocycles. The zero-order chi connectivity index (χ0) is 9.72. The zero-order valence-corrected chi connectivity index (χ0v) is 7.65.